The summed E-state index contributed by atoms with van der Waals surface area (Å²) in [6.07, 6.45) is 0. The quantitative estimate of drug-likeness (QED) is 0.655. The summed E-state index contributed by atoms with van der Waals surface area (Å²) in [6, 6.07) is 1.31. The Morgan fingerprint density at radius 1 is 1.58 bits per heavy atom. The molecule has 0 bridgehead atoms. The molecule has 2 amide bonds. The van der Waals surface area contributed by atoms with Crippen molar-refractivity contribution in [1.29, 1.82) is 0 Å². The van der Waals surface area contributed by atoms with Crippen LogP contribution in [0.15, 0.2) is 6.07 Å². The molecule has 1 atom stereocenters. The van der Waals surface area contributed by atoms with E-state index in [1.807, 2.05) is 0 Å². The van der Waals surface area contributed by atoms with Gasteiger partial charge < -0.3 is 20.7 Å². The van der Waals surface area contributed by atoms with Crippen molar-refractivity contribution in [3.8, 4) is 0 Å². The summed E-state index contributed by atoms with van der Waals surface area (Å²) in [6.45, 7) is 2.57. The largest absolute Gasteiger partial charge is 0.772 e. The van der Waals surface area contributed by atoms with E-state index in [0.29, 0.717) is 4.88 Å². The lowest BCUT2D eigenvalue weighted by Crippen LogP contribution is -2.36. The summed E-state index contributed by atoms with van der Waals surface area (Å²) < 4.78 is 21.2. The first-order valence-electron chi connectivity index (χ1n) is 5.13. The molecule has 0 saturated heterocycles. The summed E-state index contributed by atoms with van der Waals surface area (Å²) in [7, 11) is 0. The SMILES string of the molecule is CC(C)(O)C(=O)Nc1sc(CS(=O)[O-])cc1C(N)=O. The highest BCUT2D eigenvalue weighted by molar-refractivity contribution is 7.78. The molecule has 0 fully saturated rings. The van der Waals surface area contributed by atoms with E-state index in [1.54, 1.807) is 0 Å². The van der Waals surface area contributed by atoms with Gasteiger partial charge in [-0.15, -0.1) is 11.3 Å². The molecule has 0 aliphatic rings. The fraction of sp³-hybridized carbons (Fsp3) is 0.400. The summed E-state index contributed by atoms with van der Waals surface area (Å²) in [5.41, 5.74) is 3.54. The number of carbonyl (C=O) groups excluding carboxylic acids is 2. The van der Waals surface area contributed by atoms with Crippen molar-refractivity contribution in [2.75, 3.05) is 5.32 Å². The van der Waals surface area contributed by atoms with E-state index >= 15 is 0 Å². The summed E-state index contributed by atoms with van der Waals surface area (Å²) in [5.74, 6) is -1.78. The molecule has 4 N–H and O–H groups in total. The van der Waals surface area contributed by atoms with Crippen LogP contribution in [-0.2, 0) is 21.6 Å². The lowest BCUT2D eigenvalue weighted by atomic mass is 10.1. The smallest absolute Gasteiger partial charge is 0.256 e. The third-order valence-corrected chi connectivity index (χ3v) is 3.87. The van der Waals surface area contributed by atoms with Crippen LogP contribution >= 0.6 is 11.3 Å². The molecule has 1 rings (SSSR count). The standard InChI is InChI=1S/C10H14N2O5S2/c1-10(2,15)9(14)12-8-6(7(11)13)3-5(18-8)4-19(16)17/h3,15H,4H2,1-2H3,(H2,11,13)(H,12,14)(H,16,17)/p-1. The Morgan fingerprint density at radius 2 is 2.16 bits per heavy atom. The number of nitrogens with two attached hydrogens (primary N) is 1. The first kappa shape index (κ1) is 15.8. The zero-order valence-electron chi connectivity index (χ0n) is 10.3. The topological polar surface area (TPSA) is 133 Å². The van der Waals surface area contributed by atoms with Crippen LogP contribution in [0.25, 0.3) is 0 Å². The second kappa shape index (κ2) is 5.78. The number of aliphatic hydroxyl groups is 1. The van der Waals surface area contributed by atoms with Crippen molar-refractivity contribution in [3.05, 3.63) is 16.5 Å². The molecule has 0 aliphatic carbocycles. The zero-order valence-corrected chi connectivity index (χ0v) is 11.9. The molecule has 9 heteroatoms. The van der Waals surface area contributed by atoms with Crippen LogP contribution in [-0.4, -0.2) is 31.3 Å². The predicted octanol–water partition coefficient (Wildman–Crippen LogP) is -0.0645. The lowest BCUT2D eigenvalue weighted by molar-refractivity contribution is -0.130. The number of hydrogen-bond donors (Lipinski definition) is 3. The van der Waals surface area contributed by atoms with Gasteiger partial charge in [-0.25, -0.2) is 0 Å². The minimum atomic E-state index is -2.31. The highest BCUT2D eigenvalue weighted by Crippen LogP contribution is 2.29. The van der Waals surface area contributed by atoms with E-state index in [0.717, 1.165) is 11.3 Å². The fourth-order valence-electron chi connectivity index (χ4n) is 1.16. The molecule has 106 valence electrons. The molecule has 0 aromatic carbocycles. The molecule has 7 nitrogen and oxygen atoms in total. The van der Waals surface area contributed by atoms with Crippen molar-refractivity contribution >= 4 is 39.2 Å². The maximum atomic E-state index is 11.6. The first-order valence-corrected chi connectivity index (χ1v) is 7.19. The van der Waals surface area contributed by atoms with Crippen molar-refractivity contribution in [3.63, 3.8) is 0 Å². The Hall–Kier alpha value is -1.29. The monoisotopic (exact) mass is 305 g/mol. The average Bonchev–Trinajstić information content (AvgIpc) is 2.58. The Morgan fingerprint density at radius 3 is 2.58 bits per heavy atom. The molecule has 0 spiro atoms. The van der Waals surface area contributed by atoms with Crippen LogP contribution in [0.5, 0.6) is 0 Å². The van der Waals surface area contributed by atoms with E-state index in [2.05, 4.69) is 5.32 Å². The van der Waals surface area contributed by atoms with Gasteiger partial charge in [0.15, 0.2) is 0 Å². The second-order valence-corrected chi connectivity index (χ2v) is 6.31. The molecule has 0 radical (unpaired) electrons. The van der Waals surface area contributed by atoms with E-state index < -0.39 is 28.5 Å². The van der Waals surface area contributed by atoms with E-state index in [1.165, 1.54) is 19.9 Å². The molecule has 0 saturated carbocycles. The normalized spacial score (nSPS) is 13.1. The Balaban J connectivity index is 3.05. The average molecular weight is 305 g/mol. The van der Waals surface area contributed by atoms with Gasteiger partial charge in [-0.2, -0.15) is 0 Å². The Labute approximate surface area is 116 Å². The number of carbonyl (C=O) groups is 2. The summed E-state index contributed by atoms with van der Waals surface area (Å²) in [5, 5.41) is 12.0. The minimum absolute atomic E-state index is 0.0167. The summed E-state index contributed by atoms with van der Waals surface area (Å²) >= 11 is -1.38. The van der Waals surface area contributed by atoms with Crippen molar-refractivity contribution in [2.45, 2.75) is 25.2 Å². The van der Waals surface area contributed by atoms with Gasteiger partial charge >= 0.3 is 0 Å². The number of anilines is 1. The second-order valence-electron chi connectivity index (χ2n) is 4.28. The van der Waals surface area contributed by atoms with E-state index in [-0.39, 0.29) is 16.3 Å². The fourth-order valence-corrected chi connectivity index (χ4v) is 2.85. The van der Waals surface area contributed by atoms with Gasteiger partial charge in [-0.05, 0) is 31.0 Å². The summed E-state index contributed by atoms with van der Waals surface area (Å²) in [4.78, 5) is 23.2. The molecule has 1 aromatic heterocycles. The third kappa shape index (κ3) is 4.39. The molecule has 1 heterocycles. The van der Waals surface area contributed by atoms with Crippen LogP contribution < -0.4 is 11.1 Å². The van der Waals surface area contributed by atoms with Crippen LogP contribution in [0.1, 0.15) is 29.1 Å². The van der Waals surface area contributed by atoms with Gasteiger partial charge in [0.05, 0.1) is 5.56 Å². The third-order valence-electron chi connectivity index (χ3n) is 2.09. The van der Waals surface area contributed by atoms with Gasteiger partial charge in [-0.1, -0.05) is 0 Å². The van der Waals surface area contributed by atoms with Gasteiger partial charge in [0, 0.05) is 10.6 Å². The lowest BCUT2D eigenvalue weighted by Gasteiger charge is -2.16. The Bertz CT molecular complexity index is 533. The maximum absolute atomic E-state index is 11.6. The van der Waals surface area contributed by atoms with Crippen LogP contribution in [0, 0.1) is 0 Å². The van der Waals surface area contributed by atoms with Gasteiger partial charge in [0.2, 0.25) is 0 Å². The van der Waals surface area contributed by atoms with Crippen LogP contribution in [0.4, 0.5) is 5.00 Å². The van der Waals surface area contributed by atoms with Crippen molar-refractivity contribution < 1.29 is 23.5 Å². The highest BCUT2D eigenvalue weighted by Gasteiger charge is 2.26. The zero-order chi connectivity index (χ0) is 14.8. The molecule has 0 aliphatic heterocycles. The van der Waals surface area contributed by atoms with E-state index in [4.69, 9.17) is 5.73 Å². The van der Waals surface area contributed by atoms with Crippen molar-refractivity contribution in [1.82, 2.24) is 0 Å². The molecule has 1 aromatic rings. The number of nitrogens with one attached hydrogen (secondary N) is 1. The predicted molar refractivity (Wildman–Crippen MR) is 70.4 cm³/mol. The number of primary amides is 1. The molecular formula is C10H13N2O5S2-. The number of thiophene rings is 1. The molecule has 1 unspecified atom stereocenters. The number of hydrogen-bond acceptors (Lipinski definition) is 6. The van der Waals surface area contributed by atoms with E-state index in [9.17, 15) is 23.5 Å². The Kier molecular flexibility index (Phi) is 4.80. The van der Waals surface area contributed by atoms with Crippen LogP contribution in [0.3, 0.4) is 0 Å². The minimum Gasteiger partial charge on any atom is -0.772 e. The van der Waals surface area contributed by atoms with Crippen molar-refractivity contribution in [2.24, 2.45) is 5.73 Å². The van der Waals surface area contributed by atoms with Gasteiger partial charge in [0.1, 0.15) is 10.6 Å². The first-order chi connectivity index (χ1) is 8.61. The molecular weight excluding hydrogens is 292 g/mol. The molecule has 19 heavy (non-hydrogen) atoms. The maximum Gasteiger partial charge on any atom is 0.256 e. The number of rotatable bonds is 5. The van der Waals surface area contributed by atoms with Gasteiger partial charge in [-0.3, -0.25) is 13.8 Å². The van der Waals surface area contributed by atoms with Crippen LogP contribution in [0.2, 0.25) is 0 Å². The van der Waals surface area contributed by atoms with Gasteiger partial charge in [0.25, 0.3) is 11.8 Å². The number of amides is 2. The highest BCUT2D eigenvalue weighted by atomic mass is 32.2.